The Bertz CT molecular complexity index is 1550. The highest BCUT2D eigenvalue weighted by molar-refractivity contribution is 6.35. The van der Waals surface area contributed by atoms with Crippen LogP contribution < -0.4 is 10.6 Å². The summed E-state index contributed by atoms with van der Waals surface area (Å²) in [5, 5.41) is 26.0. The molecule has 0 spiro atoms. The molecule has 1 unspecified atom stereocenters. The molecule has 2 aliphatic rings. The van der Waals surface area contributed by atoms with Gasteiger partial charge in [-0.05, 0) is 49.6 Å². The van der Waals surface area contributed by atoms with E-state index in [9.17, 15) is 11.0 Å². The van der Waals surface area contributed by atoms with Gasteiger partial charge in [-0.1, -0.05) is 28.9 Å². The van der Waals surface area contributed by atoms with Crippen LogP contribution in [-0.4, -0.2) is 38.7 Å². The number of ether oxygens (including phenoxy) is 1. The van der Waals surface area contributed by atoms with Crippen molar-refractivity contribution in [2.75, 3.05) is 23.8 Å². The van der Waals surface area contributed by atoms with Crippen molar-refractivity contribution in [1.82, 2.24) is 20.0 Å². The second kappa shape index (κ2) is 8.73. The van der Waals surface area contributed by atoms with Gasteiger partial charge in [-0.25, -0.2) is 9.07 Å². The van der Waals surface area contributed by atoms with Gasteiger partial charge in [-0.3, -0.25) is 4.98 Å². The number of rotatable bonds is 7. The van der Waals surface area contributed by atoms with Crippen molar-refractivity contribution in [2.45, 2.75) is 37.4 Å². The van der Waals surface area contributed by atoms with Gasteiger partial charge in [-0.15, -0.1) is 5.10 Å². The molecular weight excluding hydrogens is 481 g/mol. The van der Waals surface area contributed by atoms with Crippen LogP contribution in [0.1, 0.15) is 50.0 Å². The van der Waals surface area contributed by atoms with Crippen molar-refractivity contribution in [3.63, 3.8) is 0 Å². The van der Waals surface area contributed by atoms with Crippen LogP contribution in [0.3, 0.4) is 0 Å². The summed E-state index contributed by atoms with van der Waals surface area (Å²) in [6.45, 7) is 3.02. The maximum Gasteiger partial charge on any atom is 0.123 e. The zero-order valence-electron chi connectivity index (χ0n) is 20.4. The van der Waals surface area contributed by atoms with Crippen LogP contribution in [0.4, 0.5) is 15.8 Å². The van der Waals surface area contributed by atoms with Gasteiger partial charge in [0.2, 0.25) is 0 Å². The van der Waals surface area contributed by atoms with E-state index in [-0.39, 0.29) is 11.6 Å². The van der Waals surface area contributed by atoms with E-state index in [1.54, 1.807) is 35.1 Å². The molecule has 2 aromatic carbocycles. The first-order chi connectivity index (χ1) is 17.8. The number of nitrogens with zero attached hydrogens (tertiary/aromatic N) is 5. The molecule has 0 amide bonds. The fraction of sp³-hybridized carbons (Fsp3) is 0.308. The van der Waals surface area contributed by atoms with E-state index in [4.69, 9.17) is 16.3 Å². The molecule has 2 fully saturated rings. The van der Waals surface area contributed by atoms with Crippen molar-refractivity contribution >= 4 is 33.9 Å². The van der Waals surface area contributed by atoms with Gasteiger partial charge in [0.25, 0.3) is 0 Å². The lowest BCUT2D eigenvalue weighted by atomic mass is 9.98. The number of benzene rings is 2. The number of hydrogen-bond donors (Lipinski definition) is 2. The van der Waals surface area contributed by atoms with Crippen LogP contribution in [-0.2, 0) is 4.74 Å². The monoisotopic (exact) mass is 504 g/mol. The Kier molecular flexibility index (Phi) is 5.22. The minimum Gasteiger partial charge on any atom is -0.376 e. The Hall–Kier alpha value is -3.74. The summed E-state index contributed by atoms with van der Waals surface area (Å²) in [5.41, 5.74) is 2.52. The maximum atomic E-state index is 13.8. The van der Waals surface area contributed by atoms with E-state index in [2.05, 4.69) is 32.0 Å². The molecule has 4 aromatic rings. The molecule has 0 bridgehead atoms. The first-order valence-electron chi connectivity index (χ1n) is 12.1. The second-order valence-corrected chi connectivity index (χ2v) is 9.92. The van der Waals surface area contributed by atoms with Gasteiger partial charge in [0, 0.05) is 17.3 Å². The van der Waals surface area contributed by atoms with Crippen molar-refractivity contribution in [3.8, 4) is 6.07 Å². The molecule has 0 radical (unpaired) electrons. The zero-order chi connectivity index (χ0) is 25.8. The summed E-state index contributed by atoms with van der Waals surface area (Å²) < 4.78 is 30.4. The lowest BCUT2D eigenvalue weighted by Crippen LogP contribution is -2.53. The molecule has 1 saturated heterocycles. The van der Waals surface area contributed by atoms with Crippen LogP contribution >= 0.6 is 11.6 Å². The predicted molar refractivity (Wildman–Crippen MR) is 134 cm³/mol. The molecule has 2 aromatic heterocycles. The fourth-order valence-electron chi connectivity index (χ4n) is 4.29. The lowest BCUT2D eigenvalue weighted by Gasteiger charge is -2.40. The Morgan fingerprint density at radius 2 is 2.08 bits per heavy atom. The number of hydrogen-bond acceptors (Lipinski definition) is 7. The summed E-state index contributed by atoms with van der Waals surface area (Å²) >= 11 is 6.66. The van der Waals surface area contributed by atoms with Gasteiger partial charge >= 0.3 is 0 Å². The molecule has 8 nitrogen and oxygen atoms in total. The van der Waals surface area contributed by atoms with Crippen LogP contribution in [0.5, 0.6) is 0 Å². The zero-order valence-corrected chi connectivity index (χ0v) is 20.2. The average molecular weight is 505 g/mol. The number of nitrogens with one attached hydrogen (secondary N) is 2. The smallest absolute Gasteiger partial charge is 0.123 e. The Labute approximate surface area is 213 Å². The Morgan fingerprint density at radius 3 is 2.75 bits per heavy atom. The fourth-order valence-corrected chi connectivity index (χ4v) is 4.56. The van der Waals surface area contributed by atoms with Gasteiger partial charge < -0.3 is 15.4 Å². The third-order valence-corrected chi connectivity index (χ3v) is 6.69. The van der Waals surface area contributed by atoms with Gasteiger partial charge in [0.1, 0.15) is 17.6 Å². The van der Waals surface area contributed by atoms with Gasteiger partial charge in [0.05, 0.1) is 60.2 Å². The molecule has 2 N–H and O–H groups in total. The molecule has 10 heteroatoms. The summed E-state index contributed by atoms with van der Waals surface area (Å²) in [6.07, 6.45) is 5.29. The van der Waals surface area contributed by atoms with Crippen LogP contribution in [0.15, 0.2) is 48.8 Å². The van der Waals surface area contributed by atoms with E-state index in [1.165, 1.54) is 18.3 Å². The standard InChI is InChI=1S/C26H23ClFN7O/c1-26(13-36-14-26)32-23-16(10-29)11-30-25-20(23)8-18(9-21(25)27)31-24(15-2-4-17(28)5-3-15)22-12-35(34-33-22)19-6-7-19/h2-5,8-9,11-12,19,24,31H,6-7,13-14H2,1H3,(H,30,32)/i24D. The molecule has 6 rings (SSSR count). The number of pyridine rings is 1. The largest absolute Gasteiger partial charge is 0.376 e. The van der Waals surface area contributed by atoms with E-state index >= 15 is 0 Å². The number of anilines is 2. The molecule has 1 aliphatic carbocycles. The van der Waals surface area contributed by atoms with Gasteiger partial charge in [-0.2, -0.15) is 5.26 Å². The number of aromatic nitrogens is 4. The first kappa shape index (κ1) is 21.5. The molecule has 1 aliphatic heterocycles. The van der Waals surface area contributed by atoms with Crippen molar-refractivity contribution in [3.05, 3.63) is 76.5 Å². The summed E-state index contributed by atoms with van der Waals surface area (Å²) in [5.74, 6) is -0.402. The second-order valence-electron chi connectivity index (χ2n) is 9.51. The van der Waals surface area contributed by atoms with E-state index in [0.29, 0.717) is 57.3 Å². The maximum absolute atomic E-state index is 13.8. The molecule has 1 atom stereocenters. The van der Waals surface area contributed by atoms with E-state index in [0.717, 1.165) is 12.8 Å². The normalized spacial score (nSPS) is 18.6. The highest BCUT2D eigenvalue weighted by Gasteiger charge is 2.34. The third kappa shape index (κ3) is 4.23. The highest BCUT2D eigenvalue weighted by atomic mass is 35.5. The van der Waals surface area contributed by atoms with Crippen molar-refractivity contribution < 1.29 is 10.5 Å². The predicted octanol–water partition coefficient (Wildman–Crippen LogP) is 5.23. The number of fused-ring (bicyclic) bond motifs is 1. The van der Waals surface area contributed by atoms with Crippen molar-refractivity contribution in [1.29, 1.82) is 5.26 Å². The topological polar surface area (TPSA) is 101 Å². The van der Waals surface area contributed by atoms with Crippen LogP contribution in [0.25, 0.3) is 10.9 Å². The van der Waals surface area contributed by atoms with Gasteiger partial charge in [0.15, 0.2) is 0 Å². The minimum absolute atomic E-state index is 0.287. The number of halogens is 2. The number of nitriles is 1. The highest BCUT2D eigenvalue weighted by Crippen LogP contribution is 2.38. The molecule has 1 saturated carbocycles. The summed E-state index contributed by atoms with van der Waals surface area (Å²) in [6, 6.07) is 10.1. The molecule has 36 heavy (non-hydrogen) atoms. The minimum atomic E-state index is -1.60. The SMILES string of the molecule is [2H]C(Nc1cc(Cl)c2ncc(C#N)c(NC3(C)COC3)c2c1)(c1ccc(F)cc1)c1cn(C2CC2)nn1. The van der Waals surface area contributed by atoms with Crippen LogP contribution in [0.2, 0.25) is 5.02 Å². The lowest BCUT2D eigenvalue weighted by molar-refractivity contribution is -0.0317. The molecule has 3 heterocycles. The average Bonchev–Trinajstić information content (AvgIpc) is 3.59. The van der Waals surface area contributed by atoms with Crippen LogP contribution in [0, 0.1) is 17.1 Å². The summed E-state index contributed by atoms with van der Waals surface area (Å²) in [4.78, 5) is 4.41. The summed E-state index contributed by atoms with van der Waals surface area (Å²) in [7, 11) is 0. The van der Waals surface area contributed by atoms with E-state index in [1.807, 2.05) is 6.92 Å². The Morgan fingerprint density at radius 1 is 1.31 bits per heavy atom. The first-order valence-corrected chi connectivity index (χ1v) is 12.0. The Balaban J connectivity index is 1.47. The molecule has 182 valence electrons. The third-order valence-electron chi connectivity index (χ3n) is 6.40. The van der Waals surface area contributed by atoms with Crippen molar-refractivity contribution in [2.24, 2.45) is 0 Å². The van der Waals surface area contributed by atoms with E-state index < -0.39 is 11.8 Å². The quantitative estimate of drug-likeness (QED) is 0.355. The molecular formula is C26H23ClFN7O.